The molecule has 0 aromatic rings. The minimum Gasteiger partial charge on any atom is -0.400 e. The molecule has 2 aliphatic heterocycles. The second-order valence-corrected chi connectivity index (χ2v) is 3.76. The SMILES string of the molecule is CC(C)C1=C(N)C2CCC1O2. The fraction of sp³-hybridized carbons (Fsp3) is 0.778. The van der Waals surface area contributed by atoms with Gasteiger partial charge in [0.1, 0.15) is 0 Å². The van der Waals surface area contributed by atoms with E-state index in [0.717, 1.165) is 12.1 Å². The Bertz CT molecular complexity index is 208. The number of hydrogen-bond donors (Lipinski definition) is 1. The highest BCUT2D eigenvalue weighted by Crippen LogP contribution is 2.39. The summed E-state index contributed by atoms with van der Waals surface area (Å²) in [5.41, 5.74) is 8.31. The Hall–Kier alpha value is -0.500. The van der Waals surface area contributed by atoms with Gasteiger partial charge in [-0.1, -0.05) is 13.8 Å². The number of nitrogens with two attached hydrogens (primary N) is 1. The van der Waals surface area contributed by atoms with Crippen LogP contribution in [0.1, 0.15) is 26.7 Å². The Labute approximate surface area is 67.4 Å². The van der Waals surface area contributed by atoms with Crippen LogP contribution in [0.25, 0.3) is 0 Å². The standard InChI is InChI=1S/C9H15NO/c1-5(2)8-6-3-4-7(11-6)9(8)10/h5-7H,3-4,10H2,1-2H3. The van der Waals surface area contributed by atoms with E-state index in [1.54, 1.807) is 0 Å². The van der Waals surface area contributed by atoms with Crippen LogP contribution in [0.5, 0.6) is 0 Å². The van der Waals surface area contributed by atoms with E-state index < -0.39 is 0 Å². The molecular weight excluding hydrogens is 138 g/mol. The molecule has 2 bridgehead atoms. The molecule has 0 amide bonds. The summed E-state index contributed by atoms with van der Waals surface area (Å²) >= 11 is 0. The van der Waals surface area contributed by atoms with Gasteiger partial charge in [-0.2, -0.15) is 0 Å². The highest BCUT2D eigenvalue weighted by Gasteiger charge is 2.39. The summed E-state index contributed by atoms with van der Waals surface area (Å²) in [5, 5.41) is 0. The molecule has 1 fully saturated rings. The molecule has 2 N–H and O–H groups in total. The first kappa shape index (κ1) is 7.17. The normalized spacial score (nSPS) is 35.9. The Kier molecular flexibility index (Phi) is 1.46. The van der Waals surface area contributed by atoms with Gasteiger partial charge in [-0.05, 0) is 24.3 Å². The summed E-state index contributed by atoms with van der Waals surface area (Å²) in [4.78, 5) is 0. The summed E-state index contributed by atoms with van der Waals surface area (Å²) in [6, 6.07) is 0. The molecule has 2 heteroatoms. The Morgan fingerprint density at radius 1 is 1.36 bits per heavy atom. The van der Waals surface area contributed by atoms with E-state index in [9.17, 15) is 0 Å². The van der Waals surface area contributed by atoms with Crippen LogP contribution in [0.3, 0.4) is 0 Å². The highest BCUT2D eigenvalue weighted by molar-refractivity contribution is 5.29. The van der Waals surface area contributed by atoms with Gasteiger partial charge in [0.2, 0.25) is 0 Å². The zero-order valence-electron chi connectivity index (χ0n) is 7.13. The van der Waals surface area contributed by atoms with Gasteiger partial charge in [0.05, 0.1) is 12.2 Å². The molecule has 0 aromatic carbocycles. The number of ether oxygens (including phenoxy) is 1. The van der Waals surface area contributed by atoms with E-state index in [0.29, 0.717) is 12.0 Å². The van der Waals surface area contributed by atoms with E-state index in [1.165, 1.54) is 12.0 Å². The summed E-state index contributed by atoms with van der Waals surface area (Å²) in [6.45, 7) is 4.37. The van der Waals surface area contributed by atoms with Crippen LogP contribution in [0.4, 0.5) is 0 Å². The summed E-state index contributed by atoms with van der Waals surface area (Å²) in [5.74, 6) is 0.560. The number of fused-ring (bicyclic) bond motifs is 2. The monoisotopic (exact) mass is 153 g/mol. The van der Waals surface area contributed by atoms with Crippen LogP contribution in [-0.2, 0) is 4.74 Å². The maximum atomic E-state index is 5.92. The zero-order chi connectivity index (χ0) is 8.01. The minimum absolute atomic E-state index is 0.261. The third-order valence-electron chi connectivity index (χ3n) is 2.67. The van der Waals surface area contributed by atoms with Gasteiger partial charge in [0.15, 0.2) is 0 Å². The lowest BCUT2D eigenvalue weighted by atomic mass is 9.89. The minimum atomic E-state index is 0.261. The van der Waals surface area contributed by atoms with Crippen LogP contribution >= 0.6 is 0 Å². The topological polar surface area (TPSA) is 35.2 Å². The van der Waals surface area contributed by atoms with Crippen molar-refractivity contribution in [3.63, 3.8) is 0 Å². The first-order chi connectivity index (χ1) is 5.20. The molecule has 2 heterocycles. The van der Waals surface area contributed by atoms with Crippen molar-refractivity contribution < 1.29 is 4.74 Å². The van der Waals surface area contributed by atoms with Gasteiger partial charge < -0.3 is 10.5 Å². The first-order valence-corrected chi connectivity index (χ1v) is 4.35. The molecule has 2 aliphatic rings. The van der Waals surface area contributed by atoms with Crippen molar-refractivity contribution in [1.29, 1.82) is 0 Å². The molecule has 0 aliphatic carbocycles. The Morgan fingerprint density at radius 2 is 2.00 bits per heavy atom. The fourth-order valence-electron chi connectivity index (χ4n) is 2.17. The van der Waals surface area contributed by atoms with Crippen molar-refractivity contribution in [2.45, 2.75) is 38.9 Å². The lowest BCUT2D eigenvalue weighted by Crippen LogP contribution is -2.18. The summed E-state index contributed by atoms with van der Waals surface area (Å²) < 4.78 is 5.66. The molecule has 0 spiro atoms. The van der Waals surface area contributed by atoms with Crippen LogP contribution in [0, 0.1) is 5.92 Å². The molecule has 0 aromatic heterocycles. The van der Waals surface area contributed by atoms with E-state index in [1.807, 2.05) is 0 Å². The van der Waals surface area contributed by atoms with Crippen LogP contribution in [0.15, 0.2) is 11.3 Å². The molecular formula is C9H15NO. The smallest absolute Gasteiger partial charge is 0.0977 e. The second kappa shape index (κ2) is 2.24. The van der Waals surface area contributed by atoms with Crippen LogP contribution in [-0.4, -0.2) is 12.2 Å². The highest BCUT2D eigenvalue weighted by atomic mass is 16.5. The van der Waals surface area contributed by atoms with Crippen molar-refractivity contribution in [3.8, 4) is 0 Å². The molecule has 2 unspecified atom stereocenters. The van der Waals surface area contributed by atoms with E-state index >= 15 is 0 Å². The van der Waals surface area contributed by atoms with Gasteiger partial charge in [-0.25, -0.2) is 0 Å². The van der Waals surface area contributed by atoms with Gasteiger partial charge in [-0.3, -0.25) is 0 Å². The predicted molar refractivity (Wildman–Crippen MR) is 43.9 cm³/mol. The maximum absolute atomic E-state index is 5.92. The van der Waals surface area contributed by atoms with Crippen LogP contribution in [0.2, 0.25) is 0 Å². The fourth-order valence-corrected chi connectivity index (χ4v) is 2.17. The summed E-state index contributed by atoms with van der Waals surface area (Å²) in [6.07, 6.45) is 2.93. The molecule has 0 saturated carbocycles. The van der Waals surface area contributed by atoms with Gasteiger partial charge in [-0.15, -0.1) is 0 Å². The van der Waals surface area contributed by atoms with Gasteiger partial charge in [0.25, 0.3) is 0 Å². The van der Waals surface area contributed by atoms with Crippen molar-refractivity contribution in [1.82, 2.24) is 0 Å². The van der Waals surface area contributed by atoms with Crippen molar-refractivity contribution in [3.05, 3.63) is 11.3 Å². The van der Waals surface area contributed by atoms with Crippen molar-refractivity contribution in [2.24, 2.45) is 11.7 Å². The number of rotatable bonds is 1. The molecule has 11 heavy (non-hydrogen) atoms. The van der Waals surface area contributed by atoms with Gasteiger partial charge >= 0.3 is 0 Å². The largest absolute Gasteiger partial charge is 0.400 e. The molecule has 62 valence electrons. The lowest BCUT2D eigenvalue weighted by Gasteiger charge is -2.16. The van der Waals surface area contributed by atoms with Gasteiger partial charge in [0, 0.05) is 5.70 Å². The third-order valence-corrected chi connectivity index (χ3v) is 2.67. The van der Waals surface area contributed by atoms with E-state index in [-0.39, 0.29) is 6.10 Å². The molecule has 0 radical (unpaired) electrons. The van der Waals surface area contributed by atoms with E-state index in [2.05, 4.69) is 13.8 Å². The zero-order valence-corrected chi connectivity index (χ0v) is 7.13. The summed E-state index contributed by atoms with van der Waals surface area (Å²) in [7, 11) is 0. The molecule has 2 atom stereocenters. The molecule has 1 saturated heterocycles. The average molecular weight is 153 g/mol. The van der Waals surface area contributed by atoms with Crippen molar-refractivity contribution in [2.75, 3.05) is 0 Å². The molecule has 2 nitrogen and oxygen atoms in total. The van der Waals surface area contributed by atoms with E-state index in [4.69, 9.17) is 10.5 Å². The lowest BCUT2D eigenvalue weighted by molar-refractivity contribution is 0.108. The first-order valence-electron chi connectivity index (χ1n) is 4.35. The van der Waals surface area contributed by atoms with Crippen LogP contribution < -0.4 is 5.73 Å². The number of hydrogen-bond acceptors (Lipinski definition) is 2. The Morgan fingerprint density at radius 3 is 2.36 bits per heavy atom. The average Bonchev–Trinajstić information content (AvgIpc) is 2.44. The third kappa shape index (κ3) is 0.890. The Balaban J connectivity index is 2.30. The quantitative estimate of drug-likeness (QED) is 0.618. The second-order valence-electron chi connectivity index (χ2n) is 3.76. The maximum Gasteiger partial charge on any atom is 0.0977 e. The van der Waals surface area contributed by atoms with Crippen molar-refractivity contribution >= 4 is 0 Å². The molecule has 2 rings (SSSR count). The predicted octanol–water partition coefficient (Wildman–Crippen LogP) is 1.42.